The van der Waals surface area contributed by atoms with Gasteiger partial charge in [-0.25, -0.2) is 8.78 Å². The first-order chi connectivity index (χ1) is 7.43. The van der Waals surface area contributed by atoms with Gasteiger partial charge in [-0.15, -0.1) is 0 Å². The van der Waals surface area contributed by atoms with E-state index in [1.807, 2.05) is 0 Å². The normalized spacial score (nSPS) is 14.8. The van der Waals surface area contributed by atoms with Gasteiger partial charge in [0.1, 0.15) is 6.10 Å². The molecule has 0 spiro atoms. The number of carbonyl (C=O) groups is 1. The average Bonchev–Trinajstić information content (AvgIpc) is 2.27. The van der Waals surface area contributed by atoms with E-state index in [2.05, 4.69) is 0 Å². The highest BCUT2D eigenvalue weighted by Crippen LogP contribution is 2.22. The second-order valence-electron chi connectivity index (χ2n) is 3.26. The molecule has 2 atom stereocenters. The molecule has 4 nitrogen and oxygen atoms in total. The van der Waals surface area contributed by atoms with E-state index in [0.717, 1.165) is 12.1 Å². The fourth-order valence-electron chi connectivity index (χ4n) is 1.18. The van der Waals surface area contributed by atoms with Crippen molar-refractivity contribution in [2.75, 3.05) is 0 Å². The van der Waals surface area contributed by atoms with Crippen LogP contribution in [0.15, 0.2) is 24.3 Å². The van der Waals surface area contributed by atoms with Crippen molar-refractivity contribution in [1.82, 2.24) is 0 Å². The number of halogens is 2. The van der Waals surface area contributed by atoms with Gasteiger partial charge in [0.25, 0.3) is 6.43 Å². The molecule has 16 heavy (non-hydrogen) atoms. The van der Waals surface area contributed by atoms with Gasteiger partial charge in [0, 0.05) is 5.56 Å². The van der Waals surface area contributed by atoms with Gasteiger partial charge in [-0.1, -0.05) is 24.3 Å². The monoisotopic (exact) mass is 231 g/mol. The van der Waals surface area contributed by atoms with Crippen LogP contribution in [0.1, 0.15) is 23.7 Å². The highest BCUT2D eigenvalue weighted by atomic mass is 19.3. The highest BCUT2D eigenvalue weighted by Gasteiger charge is 2.23. The van der Waals surface area contributed by atoms with Gasteiger partial charge in [0.2, 0.25) is 5.91 Å². The summed E-state index contributed by atoms with van der Waals surface area (Å²) in [6.07, 6.45) is -5.87. The predicted molar refractivity (Wildman–Crippen MR) is 51.6 cm³/mol. The van der Waals surface area contributed by atoms with E-state index in [-0.39, 0.29) is 11.1 Å². The number of aliphatic hydroxyl groups excluding tert-OH is 2. The summed E-state index contributed by atoms with van der Waals surface area (Å²) in [4.78, 5) is 10.6. The Labute approximate surface area is 90.3 Å². The Morgan fingerprint density at radius 1 is 1.12 bits per heavy atom. The van der Waals surface area contributed by atoms with Gasteiger partial charge >= 0.3 is 0 Å². The van der Waals surface area contributed by atoms with Crippen molar-refractivity contribution in [2.24, 2.45) is 5.73 Å². The molecule has 88 valence electrons. The first-order valence-electron chi connectivity index (χ1n) is 4.47. The van der Waals surface area contributed by atoms with Gasteiger partial charge in [-0.2, -0.15) is 0 Å². The molecule has 0 bridgehead atoms. The molecule has 6 heteroatoms. The molecule has 0 aliphatic heterocycles. The van der Waals surface area contributed by atoms with Crippen LogP contribution in [0.25, 0.3) is 0 Å². The third-order valence-electron chi connectivity index (χ3n) is 2.12. The molecule has 0 aromatic heterocycles. The molecule has 0 saturated heterocycles. The predicted octanol–water partition coefficient (Wildman–Crippen LogP) is 0.504. The van der Waals surface area contributed by atoms with E-state index >= 15 is 0 Å². The minimum Gasteiger partial charge on any atom is -0.385 e. The van der Waals surface area contributed by atoms with Crippen molar-refractivity contribution >= 4 is 5.91 Å². The number of alkyl halides is 2. The zero-order valence-corrected chi connectivity index (χ0v) is 8.18. The topological polar surface area (TPSA) is 83.6 Å². The lowest BCUT2D eigenvalue weighted by Gasteiger charge is -2.15. The third-order valence-corrected chi connectivity index (χ3v) is 2.12. The molecule has 0 aliphatic rings. The van der Waals surface area contributed by atoms with Crippen LogP contribution >= 0.6 is 0 Å². The van der Waals surface area contributed by atoms with Crippen LogP contribution in [-0.4, -0.2) is 22.2 Å². The molecule has 0 aliphatic carbocycles. The quantitative estimate of drug-likeness (QED) is 0.705. The number of rotatable bonds is 4. The molecule has 1 aromatic rings. The number of aliphatic hydroxyl groups is 2. The maximum atomic E-state index is 12.2. The maximum Gasteiger partial charge on any atom is 0.263 e. The number of hydrogen-bond acceptors (Lipinski definition) is 3. The Bertz CT molecular complexity index is 367. The first kappa shape index (κ1) is 12.5. The Kier molecular flexibility index (Phi) is 3.92. The zero-order valence-electron chi connectivity index (χ0n) is 8.18. The second-order valence-corrected chi connectivity index (χ2v) is 3.26. The van der Waals surface area contributed by atoms with E-state index in [1.54, 1.807) is 0 Å². The van der Waals surface area contributed by atoms with Crippen molar-refractivity contribution in [1.29, 1.82) is 0 Å². The number of benzene rings is 1. The number of primary amides is 1. The van der Waals surface area contributed by atoms with Crippen LogP contribution in [-0.2, 0) is 4.79 Å². The van der Waals surface area contributed by atoms with Gasteiger partial charge < -0.3 is 15.9 Å². The van der Waals surface area contributed by atoms with E-state index < -0.39 is 24.5 Å². The molecule has 1 rings (SSSR count). The second kappa shape index (κ2) is 5.00. The fourth-order valence-corrected chi connectivity index (χ4v) is 1.18. The van der Waals surface area contributed by atoms with Crippen molar-refractivity contribution in [3.05, 3.63) is 35.4 Å². The number of hydrogen-bond donors (Lipinski definition) is 3. The van der Waals surface area contributed by atoms with E-state index in [9.17, 15) is 18.7 Å². The van der Waals surface area contributed by atoms with Crippen LogP contribution in [0.3, 0.4) is 0 Å². The minimum absolute atomic E-state index is 0.149. The summed E-state index contributed by atoms with van der Waals surface area (Å²) in [5.74, 6) is -1.08. The summed E-state index contributed by atoms with van der Waals surface area (Å²) in [7, 11) is 0. The molecular formula is C10H11F2NO3. The summed E-state index contributed by atoms with van der Waals surface area (Å²) in [5, 5.41) is 18.6. The smallest absolute Gasteiger partial charge is 0.263 e. The van der Waals surface area contributed by atoms with E-state index in [1.165, 1.54) is 12.1 Å². The Morgan fingerprint density at radius 2 is 1.56 bits per heavy atom. The standard InChI is InChI=1S/C10H11F2NO3/c11-9(12)6-3-1-5(2-4-6)7(14)8(15)10(13)16/h1-4,7-9,14-15H,(H2,13,16). The summed E-state index contributed by atoms with van der Waals surface area (Å²) < 4.78 is 24.4. The van der Waals surface area contributed by atoms with E-state index in [0.29, 0.717) is 0 Å². The van der Waals surface area contributed by atoms with Crippen LogP contribution in [0, 0.1) is 0 Å². The fraction of sp³-hybridized carbons (Fsp3) is 0.300. The first-order valence-corrected chi connectivity index (χ1v) is 4.47. The van der Waals surface area contributed by atoms with Crippen LogP contribution < -0.4 is 5.73 Å². The Hall–Kier alpha value is -1.53. The molecule has 0 heterocycles. The van der Waals surface area contributed by atoms with Crippen molar-refractivity contribution < 1.29 is 23.8 Å². The average molecular weight is 231 g/mol. The summed E-state index contributed by atoms with van der Waals surface area (Å²) in [5.41, 5.74) is 4.73. The largest absolute Gasteiger partial charge is 0.385 e. The lowest BCUT2D eigenvalue weighted by Crippen LogP contribution is -2.33. The number of amides is 1. The van der Waals surface area contributed by atoms with Crippen molar-refractivity contribution in [3.8, 4) is 0 Å². The summed E-state index contributed by atoms with van der Waals surface area (Å²) >= 11 is 0. The number of carbonyl (C=O) groups excluding carboxylic acids is 1. The van der Waals surface area contributed by atoms with Gasteiger partial charge in [-0.3, -0.25) is 4.79 Å². The minimum atomic E-state index is -2.60. The Balaban J connectivity index is 2.85. The molecule has 1 amide bonds. The zero-order chi connectivity index (χ0) is 12.3. The van der Waals surface area contributed by atoms with Crippen LogP contribution in [0.4, 0.5) is 8.78 Å². The SMILES string of the molecule is NC(=O)C(O)C(O)c1ccc(C(F)F)cc1. The maximum absolute atomic E-state index is 12.2. The lowest BCUT2D eigenvalue weighted by atomic mass is 10.0. The molecule has 0 saturated carbocycles. The van der Waals surface area contributed by atoms with E-state index in [4.69, 9.17) is 10.8 Å². The Morgan fingerprint density at radius 3 is 1.94 bits per heavy atom. The van der Waals surface area contributed by atoms with Crippen LogP contribution in [0.2, 0.25) is 0 Å². The lowest BCUT2D eigenvalue weighted by molar-refractivity contribution is -0.131. The molecule has 0 radical (unpaired) electrons. The van der Waals surface area contributed by atoms with Gasteiger partial charge in [0.05, 0.1) is 0 Å². The molecule has 0 fully saturated rings. The third kappa shape index (κ3) is 2.74. The molecule has 4 N–H and O–H groups in total. The molecule has 1 aromatic carbocycles. The molecular weight excluding hydrogens is 220 g/mol. The summed E-state index contributed by atoms with van der Waals surface area (Å²) in [6, 6.07) is 4.63. The van der Waals surface area contributed by atoms with Gasteiger partial charge in [-0.05, 0) is 5.56 Å². The van der Waals surface area contributed by atoms with Crippen molar-refractivity contribution in [2.45, 2.75) is 18.6 Å². The highest BCUT2D eigenvalue weighted by molar-refractivity contribution is 5.79. The molecule has 2 unspecified atom stereocenters. The van der Waals surface area contributed by atoms with Crippen molar-refractivity contribution in [3.63, 3.8) is 0 Å². The summed E-state index contributed by atoms with van der Waals surface area (Å²) in [6.45, 7) is 0. The van der Waals surface area contributed by atoms with Crippen LogP contribution in [0.5, 0.6) is 0 Å². The number of nitrogens with two attached hydrogens (primary N) is 1. The van der Waals surface area contributed by atoms with Gasteiger partial charge in [0.15, 0.2) is 6.10 Å².